The van der Waals surface area contributed by atoms with Crippen molar-refractivity contribution in [3.05, 3.63) is 35.6 Å². The Labute approximate surface area is 107 Å². The Kier molecular flexibility index (Phi) is 3.97. The second kappa shape index (κ2) is 5.48. The normalized spacial score (nSPS) is 18.3. The van der Waals surface area contributed by atoms with E-state index in [2.05, 4.69) is 5.32 Å². The minimum Gasteiger partial charge on any atom is -0.350 e. The van der Waals surface area contributed by atoms with E-state index in [9.17, 15) is 9.18 Å². The largest absolute Gasteiger partial charge is 0.350 e. The van der Waals surface area contributed by atoms with Gasteiger partial charge in [0.2, 0.25) is 5.91 Å². The van der Waals surface area contributed by atoms with Crippen LogP contribution in [0.15, 0.2) is 24.3 Å². The zero-order valence-electron chi connectivity index (χ0n) is 10.4. The van der Waals surface area contributed by atoms with Crippen LogP contribution in [0.4, 0.5) is 4.39 Å². The standard InChI is InChI=1S/C14H19FN2O/c15-12-6-4-5-11(9-12)10-17-13(18)14(16)7-2-1-3-8-14/h4-6,9H,1-3,7-8,10,16H2,(H,17,18). The molecule has 1 aliphatic carbocycles. The first kappa shape index (κ1) is 13.0. The quantitative estimate of drug-likeness (QED) is 0.863. The first-order chi connectivity index (χ1) is 8.60. The van der Waals surface area contributed by atoms with E-state index in [1.807, 2.05) is 0 Å². The highest BCUT2D eigenvalue weighted by Gasteiger charge is 2.34. The van der Waals surface area contributed by atoms with Gasteiger partial charge in [-0.05, 0) is 30.5 Å². The van der Waals surface area contributed by atoms with Gasteiger partial charge in [-0.1, -0.05) is 31.4 Å². The summed E-state index contributed by atoms with van der Waals surface area (Å²) in [5.74, 6) is -0.409. The summed E-state index contributed by atoms with van der Waals surface area (Å²) >= 11 is 0. The van der Waals surface area contributed by atoms with E-state index >= 15 is 0 Å². The van der Waals surface area contributed by atoms with Crippen molar-refractivity contribution in [1.29, 1.82) is 0 Å². The maximum Gasteiger partial charge on any atom is 0.240 e. The molecule has 98 valence electrons. The zero-order valence-corrected chi connectivity index (χ0v) is 10.4. The molecule has 0 aromatic heterocycles. The number of nitrogens with two attached hydrogens (primary N) is 1. The van der Waals surface area contributed by atoms with Gasteiger partial charge < -0.3 is 11.1 Å². The molecule has 0 bridgehead atoms. The molecule has 4 heteroatoms. The lowest BCUT2D eigenvalue weighted by Crippen LogP contribution is -2.54. The second-order valence-electron chi connectivity index (χ2n) is 5.03. The Morgan fingerprint density at radius 2 is 2.06 bits per heavy atom. The minimum absolute atomic E-state index is 0.119. The van der Waals surface area contributed by atoms with Crippen LogP contribution in [0.3, 0.4) is 0 Å². The summed E-state index contributed by atoms with van der Waals surface area (Å²) in [6.07, 6.45) is 4.63. The van der Waals surface area contributed by atoms with Crippen molar-refractivity contribution < 1.29 is 9.18 Å². The number of hydrogen-bond acceptors (Lipinski definition) is 2. The molecule has 0 radical (unpaired) electrons. The smallest absolute Gasteiger partial charge is 0.240 e. The number of halogens is 1. The molecule has 1 saturated carbocycles. The van der Waals surface area contributed by atoms with Crippen LogP contribution in [0.1, 0.15) is 37.7 Å². The fourth-order valence-electron chi connectivity index (χ4n) is 2.42. The van der Waals surface area contributed by atoms with E-state index in [1.54, 1.807) is 12.1 Å². The minimum atomic E-state index is -0.731. The number of carbonyl (C=O) groups is 1. The molecule has 3 N–H and O–H groups in total. The molecule has 2 rings (SSSR count). The van der Waals surface area contributed by atoms with Crippen LogP contribution in [-0.4, -0.2) is 11.4 Å². The predicted octanol–water partition coefficient (Wildman–Crippen LogP) is 2.10. The third-order valence-corrected chi connectivity index (χ3v) is 3.54. The Balaban J connectivity index is 1.91. The summed E-state index contributed by atoms with van der Waals surface area (Å²) in [4.78, 5) is 12.0. The van der Waals surface area contributed by atoms with E-state index in [-0.39, 0.29) is 11.7 Å². The maximum absolute atomic E-state index is 13.0. The highest BCUT2D eigenvalue weighted by atomic mass is 19.1. The van der Waals surface area contributed by atoms with Crippen LogP contribution in [0.25, 0.3) is 0 Å². The van der Waals surface area contributed by atoms with Gasteiger partial charge in [-0.25, -0.2) is 4.39 Å². The molecular formula is C14H19FN2O. The predicted molar refractivity (Wildman–Crippen MR) is 68.3 cm³/mol. The Hall–Kier alpha value is -1.42. The molecule has 0 heterocycles. The Bertz CT molecular complexity index is 428. The van der Waals surface area contributed by atoms with Crippen molar-refractivity contribution in [1.82, 2.24) is 5.32 Å². The molecule has 0 saturated heterocycles. The van der Waals surface area contributed by atoms with E-state index in [0.29, 0.717) is 6.54 Å². The van der Waals surface area contributed by atoms with E-state index in [0.717, 1.165) is 37.7 Å². The molecular weight excluding hydrogens is 231 g/mol. The van der Waals surface area contributed by atoms with E-state index < -0.39 is 5.54 Å². The highest BCUT2D eigenvalue weighted by molar-refractivity contribution is 5.86. The molecule has 1 aromatic carbocycles. The van der Waals surface area contributed by atoms with Gasteiger partial charge in [0, 0.05) is 6.54 Å². The van der Waals surface area contributed by atoms with Crippen LogP contribution < -0.4 is 11.1 Å². The summed E-state index contributed by atoms with van der Waals surface area (Å²) in [6.45, 7) is 0.329. The third-order valence-electron chi connectivity index (χ3n) is 3.54. The number of benzene rings is 1. The molecule has 3 nitrogen and oxygen atoms in total. The molecule has 1 amide bonds. The van der Waals surface area contributed by atoms with Crippen molar-refractivity contribution in [2.24, 2.45) is 5.73 Å². The molecule has 0 unspecified atom stereocenters. The van der Waals surface area contributed by atoms with Crippen molar-refractivity contribution in [2.45, 2.75) is 44.2 Å². The summed E-state index contributed by atoms with van der Waals surface area (Å²) < 4.78 is 13.0. The van der Waals surface area contributed by atoms with Gasteiger partial charge in [0.1, 0.15) is 5.82 Å². The summed E-state index contributed by atoms with van der Waals surface area (Å²) in [6, 6.07) is 6.23. The fourth-order valence-corrected chi connectivity index (χ4v) is 2.42. The lowest BCUT2D eigenvalue weighted by molar-refractivity contribution is -0.127. The molecule has 0 atom stereocenters. The fraction of sp³-hybridized carbons (Fsp3) is 0.500. The second-order valence-corrected chi connectivity index (χ2v) is 5.03. The van der Waals surface area contributed by atoms with Gasteiger partial charge in [0.15, 0.2) is 0 Å². The number of hydrogen-bond donors (Lipinski definition) is 2. The van der Waals surface area contributed by atoms with Crippen molar-refractivity contribution >= 4 is 5.91 Å². The summed E-state index contributed by atoms with van der Waals surface area (Å²) in [7, 11) is 0. The van der Waals surface area contributed by atoms with Gasteiger partial charge in [-0.15, -0.1) is 0 Å². The number of amides is 1. The van der Waals surface area contributed by atoms with Gasteiger partial charge in [-0.2, -0.15) is 0 Å². The molecule has 1 aliphatic rings. The van der Waals surface area contributed by atoms with Crippen LogP contribution >= 0.6 is 0 Å². The first-order valence-electron chi connectivity index (χ1n) is 6.42. The summed E-state index contributed by atoms with van der Waals surface area (Å²) in [5.41, 5.74) is 6.13. The maximum atomic E-state index is 13.0. The lowest BCUT2D eigenvalue weighted by Gasteiger charge is -2.31. The Morgan fingerprint density at radius 3 is 2.72 bits per heavy atom. The van der Waals surface area contributed by atoms with Gasteiger partial charge >= 0.3 is 0 Å². The van der Waals surface area contributed by atoms with Gasteiger partial charge in [-0.3, -0.25) is 4.79 Å². The van der Waals surface area contributed by atoms with E-state index in [4.69, 9.17) is 5.73 Å². The topological polar surface area (TPSA) is 55.1 Å². The highest BCUT2D eigenvalue weighted by Crippen LogP contribution is 2.26. The number of nitrogens with one attached hydrogen (secondary N) is 1. The van der Waals surface area contributed by atoms with Crippen LogP contribution in [0, 0.1) is 5.82 Å². The van der Waals surface area contributed by atoms with Crippen LogP contribution in [0.5, 0.6) is 0 Å². The average Bonchev–Trinajstić information content (AvgIpc) is 2.37. The van der Waals surface area contributed by atoms with E-state index in [1.165, 1.54) is 12.1 Å². The molecule has 0 spiro atoms. The Morgan fingerprint density at radius 1 is 1.33 bits per heavy atom. The molecule has 0 aliphatic heterocycles. The molecule has 1 fully saturated rings. The average molecular weight is 250 g/mol. The van der Waals surface area contributed by atoms with Crippen LogP contribution in [0.2, 0.25) is 0 Å². The zero-order chi connectivity index (χ0) is 13.0. The van der Waals surface area contributed by atoms with Gasteiger partial charge in [0.25, 0.3) is 0 Å². The molecule has 18 heavy (non-hydrogen) atoms. The first-order valence-corrected chi connectivity index (χ1v) is 6.42. The SMILES string of the molecule is NC1(C(=O)NCc2cccc(F)c2)CCCCC1. The van der Waals surface area contributed by atoms with Crippen molar-refractivity contribution in [3.8, 4) is 0 Å². The summed E-state index contributed by atoms with van der Waals surface area (Å²) in [5, 5.41) is 2.81. The van der Waals surface area contributed by atoms with Crippen molar-refractivity contribution in [2.75, 3.05) is 0 Å². The number of carbonyl (C=O) groups excluding carboxylic acids is 1. The third kappa shape index (κ3) is 3.07. The van der Waals surface area contributed by atoms with Gasteiger partial charge in [0.05, 0.1) is 5.54 Å². The molecule has 1 aromatic rings. The number of rotatable bonds is 3. The van der Waals surface area contributed by atoms with Crippen LogP contribution in [-0.2, 0) is 11.3 Å². The monoisotopic (exact) mass is 250 g/mol. The lowest BCUT2D eigenvalue weighted by atomic mass is 9.82. The van der Waals surface area contributed by atoms with Crippen molar-refractivity contribution in [3.63, 3.8) is 0 Å².